The van der Waals surface area contributed by atoms with Gasteiger partial charge in [-0.1, -0.05) is 18.2 Å². The topological polar surface area (TPSA) is 42.8 Å². The van der Waals surface area contributed by atoms with Gasteiger partial charge in [0, 0.05) is 16.3 Å². The minimum atomic E-state index is 0.978. The monoisotopic (exact) mass is 220 g/mol. The van der Waals surface area contributed by atoms with E-state index in [0.717, 1.165) is 22.1 Å². The SMILES string of the molecule is c1ccc2c(c1)[nH]c1c2ccc2ncc[nH+]c21. The molecule has 0 aliphatic heterocycles. The highest BCUT2D eigenvalue weighted by Gasteiger charge is 2.11. The fourth-order valence-corrected chi connectivity index (χ4v) is 2.40. The molecule has 0 saturated heterocycles. The van der Waals surface area contributed by atoms with Crippen molar-refractivity contribution in [3.8, 4) is 0 Å². The Morgan fingerprint density at radius 2 is 1.94 bits per heavy atom. The quantitative estimate of drug-likeness (QED) is 0.486. The molecule has 0 radical (unpaired) electrons. The van der Waals surface area contributed by atoms with Gasteiger partial charge in [-0.25, -0.2) is 9.97 Å². The van der Waals surface area contributed by atoms with Crippen LogP contribution in [0.25, 0.3) is 32.8 Å². The molecule has 4 aromatic rings. The van der Waals surface area contributed by atoms with Gasteiger partial charge in [-0.3, -0.25) is 0 Å². The fraction of sp³-hybridized carbons (Fsp3) is 0. The van der Waals surface area contributed by atoms with Crippen molar-refractivity contribution >= 4 is 32.8 Å². The first-order valence-corrected chi connectivity index (χ1v) is 5.59. The first kappa shape index (κ1) is 8.70. The van der Waals surface area contributed by atoms with E-state index >= 15 is 0 Å². The van der Waals surface area contributed by atoms with Gasteiger partial charge in [0.05, 0.1) is 6.20 Å². The van der Waals surface area contributed by atoms with Crippen LogP contribution < -0.4 is 4.98 Å². The predicted octanol–water partition coefficient (Wildman–Crippen LogP) is 2.68. The van der Waals surface area contributed by atoms with E-state index in [-0.39, 0.29) is 0 Å². The molecule has 0 spiro atoms. The van der Waals surface area contributed by atoms with Crippen LogP contribution in [0.5, 0.6) is 0 Å². The Bertz CT molecular complexity index is 846. The van der Waals surface area contributed by atoms with Crippen molar-refractivity contribution in [1.82, 2.24) is 9.97 Å². The molecule has 4 rings (SSSR count). The molecule has 0 amide bonds. The number of nitrogens with zero attached hydrogens (tertiary/aromatic N) is 1. The van der Waals surface area contributed by atoms with Crippen LogP contribution in [0.1, 0.15) is 0 Å². The van der Waals surface area contributed by atoms with Crippen LogP contribution in [0.3, 0.4) is 0 Å². The number of rotatable bonds is 0. The van der Waals surface area contributed by atoms with E-state index in [0.29, 0.717) is 0 Å². The maximum atomic E-state index is 4.35. The molecule has 17 heavy (non-hydrogen) atoms. The molecular weight excluding hydrogens is 210 g/mol. The van der Waals surface area contributed by atoms with Crippen molar-refractivity contribution in [2.24, 2.45) is 0 Å². The summed E-state index contributed by atoms with van der Waals surface area (Å²) in [4.78, 5) is 11.1. The van der Waals surface area contributed by atoms with Gasteiger partial charge in [-0.15, -0.1) is 0 Å². The molecule has 0 saturated carbocycles. The van der Waals surface area contributed by atoms with Crippen molar-refractivity contribution in [2.75, 3.05) is 0 Å². The van der Waals surface area contributed by atoms with Crippen LogP contribution in [-0.4, -0.2) is 9.97 Å². The normalized spacial score (nSPS) is 11.5. The minimum absolute atomic E-state index is 0.978. The second-order valence-corrected chi connectivity index (χ2v) is 4.14. The number of benzene rings is 2. The Hall–Kier alpha value is -2.42. The number of nitrogens with one attached hydrogen (secondary N) is 2. The highest BCUT2D eigenvalue weighted by molar-refractivity contribution is 6.14. The summed E-state index contributed by atoms with van der Waals surface area (Å²) in [7, 11) is 0. The van der Waals surface area contributed by atoms with Gasteiger partial charge >= 0.3 is 0 Å². The zero-order valence-electron chi connectivity index (χ0n) is 9.07. The van der Waals surface area contributed by atoms with Gasteiger partial charge in [0.1, 0.15) is 11.0 Å². The smallest absolute Gasteiger partial charge is 0.253 e. The molecule has 0 aliphatic rings. The lowest BCUT2D eigenvalue weighted by molar-refractivity contribution is -0.344. The summed E-state index contributed by atoms with van der Waals surface area (Å²) in [6.07, 6.45) is 3.63. The van der Waals surface area contributed by atoms with Crippen LogP contribution in [-0.2, 0) is 0 Å². The number of aromatic amines is 2. The Morgan fingerprint density at radius 1 is 1.00 bits per heavy atom. The number of aromatic nitrogens is 3. The van der Waals surface area contributed by atoms with Crippen LogP contribution >= 0.6 is 0 Å². The Morgan fingerprint density at radius 3 is 2.94 bits per heavy atom. The Balaban J connectivity index is 2.34. The zero-order chi connectivity index (χ0) is 11.2. The van der Waals surface area contributed by atoms with Gasteiger partial charge in [-0.2, -0.15) is 0 Å². The van der Waals surface area contributed by atoms with Gasteiger partial charge in [0.2, 0.25) is 0 Å². The number of hydrogen-bond acceptors (Lipinski definition) is 1. The molecule has 0 aliphatic carbocycles. The summed E-state index contributed by atoms with van der Waals surface area (Å²) in [6.45, 7) is 0. The molecule has 2 aromatic carbocycles. The van der Waals surface area contributed by atoms with E-state index < -0.39 is 0 Å². The highest BCUT2D eigenvalue weighted by Crippen LogP contribution is 2.28. The Kier molecular flexibility index (Phi) is 1.56. The molecule has 2 aromatic heterocycles. The van der Waals surface area contributed by atoms with E-state index in [1.165, 1.54) is 10.8 Å². The largest absolute Gasteiger partial charge is 0.349 e. The summed E-state index contributed by atoms with van der Waals surface area (Å²) in [6, 6.07) is 12.5. The molecule has 3 heteroatoms. The number of hydrogen-bond donors (Lipinski definition) is 1. The second-order valence-electron chi connectivity index (χ2n) is 4.14. The van der Waals surface area contributed by atoms with Crippen molar-refractivity contribution < 1.29 is 4.98 Å². The molecular formula is C14H10N3+. The molecule has 0 bridgehead atoms. The summed E-state index contributed by atoms with van der Waals surface area (Å²) in [5.41, 5.74) is 4.32. The third-order valence-corrected chi connectivity index (χ3v) is 3.18. The van der Waals surface area contributed by atoms with Crippen LogP contribution in [0.15, 0.2) is 48.8 Å². The average molecular weight is 220 g/mol. The van der Waals surface area contributed by atoms with E-state index in [4.69, 9.17) is 0 Å². The first-order chi connectivity index (χ1) is 8.43. The van der Waals surface area contributed by atoms with Crippen molar-refractivity contribution in [3.63, 3.8) is 0 Å². The molecule has 0 unspecified atom stereocenters. The fourth-order valence-electron chi connectivity index (χ4n) is 2.40. The van der Waals surface area contributed by atoms with Crippen molar-refractivity contribution in [2.45, 2.75) is 0 Å². The van der Waals surface area contributed by atoms with Gasteiger partial charge in [-0.05, 0) is 18.2 Å². The molecule has 80 valence electrons. The predicted molar refractivity (Wildman–Crippen MR) is 67.7 cm³/mol. The van der Waals surface area contributed by atoms with E-state index in [9.17, 15) is 0 Å². The lowest BCUT2D eigenvalue weighted by atomic mass is 10.1. The summed E-state index contributed by atoms with van der Waals surface area (Å²) in [5.74, 6) is 0. The molecule has 2 heterocycles. The van der Waals surface area contributed by atoms with E-state index in [1.807, 2.05) is 12.3 Å². The minimum Gasteiger partial charge on any atom is -0.349 e. The lowest BCUT2D eigenvalue weighted by Gasteiger charge is -1.92. The summed E-state index contributed by atoms with van der Waals surface area (Å²) < 4.78 is 0. The van der Waals surface area contributed by atoms with Crippen LogP contribution in [0, 0.1) is 0 Å². The van der Waals surface area contributed by atoms with Gasteiger partial charge in [0.15, 0.2) is 6.20 Å². The maximum absolute atomic E-state index is 4.35. The third kappa shape index (κ3) is 1.11. The highest BCUT2D eigenvalue weighted by atomic mass is 14.8. The van der Waals surface area contributed by atoms with E-state index in [1.54, 1.807) is 6.20 Å². The molecule has 0 fully saturated rings. The van der Waals surface area contributed by atoms with Crippen LogP contribution in [0.2, 0.25) is 0 Å². The lowest BCUT2D eigenvalue weighted by Crippen LogP contribution is -2.03. The first-order valence-electron chi connectivity index (χ1n) is 5.59. The second kappa shape index (κ2) is 3.04. The van der Waals surface area contributed by atoms with Crippen molar-refractivity contribution in [1.29, 1.82) is 0 Å². The van der Waals surface area contributed by atoms with Crippen molar-refractivity contribution in [3.05, 3.63) is 48.8 Å². The molecule has 0 atom stereocenters. The van der Waals surface area contributed by atoms with Gasteiger partial charge in [0.25, 0.3) is 5.52 Å². The van der Waals surface area contributed by atoms with E-state index in [2.05, 4.69) is 45.3 Å². The van der Waals surface area contributed by atoms with Gasteiger partial charge < -0.3 is 4.98 Å². The maximum Gasteiger partial charge on any atom is 0.253 e. The zero-order valence-corrected chi connectivity index (χ0v) is 9.07. The molecule has 2 N–H and O–H groups in total. The third-order valence-electron chi connectivity index (χ3n) is 3.18. The average Bonchev–Trinajstić information content (AvgIpc) is 2.78. The summed E-state index contributed by atoms with van der Waals surface area (Å²) >= 11 is 0. The Labute approximate surface area is 97.1 Å². The number of fused-ring (bicyclic) bond motifs is 5. The summed E-state index contributed by atoms with van der Waals surface area (Å²) in [5, 5.41) is 2.49. The number of para-hydroxylation sites is 1. The standard InChI is InChI=1S/C14H9N3/c1-2-4-11-9(3-1)10-5-6-12-14(13(10)17-11)16-8-7-15-12/h1-8,17H/p+1. The molecule has 3 nitrogen and oxygen atoms in total. The van der Waals surface area contributed by atoms with Crippen LogP contribution in [0.4, 0.5) is 0 Å². The number of H-pyrrole nitrogens is 2.